The Bertz CT molecular complexity index is 570. The standard InChI is InChI=1S/C16H18N2O2/c1-2-20-16(19)13(10-17)11-18-15-9-5-7-12-6-3-4-8-14(12)15/h5,7,9,11,18H,2-4,6,8H2,1H3/b13-11+. The summed E-state index contributed by atoms with van der Waals surface area (Å²) in [7, 11) is 0. The number of carbonyl (C=O) groups excluding carboxylic acids is 1. The maximum atomic E-state index is 11.5. The fraction of sp³-hybridized carbons (Fsp3) is 0.375. The van der Waals surface area contributed by atoms with Crippen molar-refractivity contribution >= 4 is 11.7 Å². The van der Waals surface area contributed by atoms with Crippen molar-refractivity contribution in [3.63, 3.8) is 0 Å². The van der Waals surface area contributed by atoms with Gasteiger partial charge in [-0.05, 0) is 49.8 Å². The van der Waals surface area contributed by atoms with Crippen LogP contribution in [0.1, 0.15) is 30.9 Å². The van der Waals surface area contributed by atoms with Gasteiger partial charge in [-0.3, -0.25) is 0 Å². The SMILES string of the molecule is CCOC(=O)/C(C#N)=C/Nc1cccc2c1CCCC2. The first kappa shape index (κ1) is 14.1. The molecule has 0 atom stereocenters. The molecule has 0 bridgehead atoms. The van der Waals surface area contributed by atoms with Gasteiger partial charge in [0.05, 0.1) is 6.61 Å². The van der Waals surface area contributed by atoms with Crippen LogP contribution in [0, 0.1) is 11.3 Å². The van der Waals surface area contributed by atoms with Gasteiger partial charge in [-0.2, -0.15) is 5.26 Å². The zero-order chi connectivity index (χ0) is 14.4. The molecular weight excluding hydrogens is 252 g/mol. The van der Waals surface area contributed by atoms with Crippen molar-refractivity contribution in [3.8, 4) is 6.07 Å². The highest BCUT2D eigenvalue weighted by atomic mass is 16.5. The molecule has 0 saturated heterocycles. The van der Waals surface area contributed by atoms with E-state index in [1.54, 1.807) is 6.92 Å². The van der Waals surface area contributed by atoms with Gasteiger partial charge in [0.15, 0.2) is 5.57 Å². The molecule has 4 heteroatoms. The van der Waals surface area contributed by atoms with Crippen molar-refractivity contribution in [1.82, 2.24) is 0 Å². The Kier molecular flexibility index (Phi) is 4.78. The molecule has 0 fully saturated rings. The number of esters is 1. The van der Waals surface area contributed by atoms with Gasteiger partial charge in [-0.1, -0.05) is 12.1 Å². The Labute approximate surface area is 119 Å². The smallest absolute Gasteiger partial charge is 0.350 e. The zero-order valence-corrected chi connectivity index (χ0v) is 11.6. The van der Waals surface area contributed by atoms with Crippen LogP contribution < -0.4 is 5.32 Å². The van der Waals surface area contributed by atoms with Crippen LogP contribution in [0.15, 0.2) is 30.0 Å². The van der Waals surface area contributed by atoms with Gasteiger partial charge in [-0.15, -0.1) is 0 Å². The van der Waals surface area contributed by atoms with Crippen LogP contribution in [-0.2, 0) is 22.4 Å². The van der Waals surface area contributed by atoms with E-state index in [4.69, 9.17) is 10.00 Å². The lowest BCUT2D eigenvalue weighted by molar-refractivity contribution is -0.138. The topological polar surface area (TPSA) is 62.1 Å². The Hall–Kier alpha value is -2.28. The number of aryl methyl sites for hydroxylation is 1. The predicted octanol–water partition coefficient (Wildman–Crippen LogP) is 2.95. The second-order valence-electron chi connectivity index (χ2n) is 4.68. The Morgan fingerprint density at radius 2 is 2.25 bits per heavy atom. The minimum Gasteiger partial charge on any atom is -0.462 e. The second-order valence-corrected chi connectivity index (χ2v) is 4.68. The number of hydrogen-bond donors (Lipinski definition) is 1. The first-order chi connectivity index (χ1) is 9.76. The van der Waals surface area contributed by atoms with Crippen molar-refractivity contribution < 1.29 is 9.53 Å². The summed E-state index contributed by atoms with van der Waals surface area (Å²) in [6.45, 7) is 1.98. The summed E-state index contributed by atoms with van der Waals surface area (Å²) in [6.07, 6.45) is 5.96. The first-order valence-electron chi connectivity index (χ1n) is 6.91. The molecular formula is C16H18N2O2. The summed E-state index contributed by atoms with van der Waals surface area (Å²) in [5.41, 5.74) is 3.60. The number of ether oxygens (including phenoxy) is 1. The molecule has 0 amide bonds. The quantitative estimate of drug-likeness (QED) is 0.519. The monoisotopic (exact) mass is 270 g/mol. The van der Waals surface area contributed by atoms with Gasteiger partial charge in [0.25, 0.3) is 0 Å². The molecule has 1 N–H and O–H groups in total. The molecule has 20 heavy (non-hydrogen) atoms. The average Bonchev–Trinajstić information content (AvgIpc) is 2.48. The summed E-state index contributed by atoms with van der Waals surface area (Å²) < 4.78 is 4.83. The highest BCUT2D eigenvalue weighted by Gasteiger charge is 2.13. The summed E-state index contributed by atoms with van der Waals surface area (Å²) >= 11 is 0. The van der Waals surface area contributed by atoms with E-state index < -0.39 is 5.97 Å². The summed E-state index contributed by atoms with van der Waals surface area (Å²) in [6, 6.07) is 7.97. The summed E-state index contributed by atoms with van der Waals surface area (Å²) in [4.78, 5) is 11.5. The molecule has 1 aliphatic rings. The molecule has 104 valence electrons. The third kappa shape index (κ3) is 3.18. The van der Waals surface area contributed by atoms with Crippen LogP contribution in [0.5, 0.6) is 0 Å². The summed E-state index contributed by atoms with van der Waals surface area (Å²) in [5.74, 6) is -0.590. The largest absolute Gasteiger partial charge is 0.462 e. The fourth-order valence-corrected chi connectivity index (χ4v) is 2.41. The number of carbonyl (C=O) groups is 1. The maximum Gasteiger partial charge on any atom is 0.350 e. The van der Waals surface area contributed by atoms with Crippen LogP contribution >= 0.6 is 0 Å². The second kappa shape index (κ2) is 6.76. The van der Waals surface area contributed by atoms with Crippen molar-refractivity contribution in [1.29, 1.82) is 5.26 Å². The highest BCUT2D eigenvalue weighted by Crippen LogP contribution is 2.27. The van der Waals surface area contributed by atoms with Crippen LogP contribution in [0.2, 0.25) is 0 Å². The van der Waals surface area contributed by atoms with Gasteiger partial charge < -0.3 is 10.1 Å². The van der Waals surface area contributed by atoms with Gasteiger partial charge in [-0.25, -0.2) is 4.79 Å². The normalized spacial score (nSPS) is 14.1. The number of hydrogen-bond acceptors (Lipinski definition) is 4. The molecule has 0 spiro atoms. The van der Waals surface area contributed by atoms with Gasteiger partial charge in [0.2, 0.25) is 0 Å². The number of benzene rings is 1. The van der Waals surface area contributed by atoms with E-state index in [0.29, 0.717) is 0 Å². The lowest BCUT2D eigenvalue weighted by Gasteiger charge is -2.19. The van der Waals surface area contributed by atoms with Crippen molar-refractivity contribution in [2.24, 2.45) is 0 Å². The van der Waals surface area contributed by atoms with E-state index >= 15 is 0 Å². The Morgan fingerprint density at radius 1 is 1.45 bits per heavy atom. The molecule has 1 aromatic carbocycles. The molecule has 0 heterocycles. The molecule has 4 nitrogen and oxygen atoms in total. The van der Waals surface area contributed by atoms with E-state index in [1.165, 1.54) is 30.2 Å². The third-order valence-corrected chi connectivity index (χ3v) is 3.38. The van der Waals surface area contributed by atoms with Crippen LogP contribution in [0.4, 0.5) is 5.69 Å². The zero-order valence-electron chi connectivity index (χ0n) is 11.6. The molecule has 0 aromatic heterocycles. The summed E-state index contributed by atoms with van der Waals surface area (Å²) in [5, 5.41) is 12.1. The number of fused-ring (bicyclic) bond motifs is 1. The van der Waals surface area contributed by atoms with E-state index in [-0.39, 0.29) is 12.2 Å². The van der Waals surface area contributed by atoms with E-state index in [2.05, 4.69) is 11.4 Å². The third-order valence-electron chi connectivity index (χ3n) is 3.38. The molecule has 2 rings (SSSR count). The minimum atomic E-state index is -0.590. The molecule has 1 aromatic rings. The molecule has 0 saturated carbocycles. The number of anilines is 1. The maximum absolute atomic E-state index is 11.5. The average molecular weight is 270 g/mol. The Balaban J connectivity index is 2.18. The van der Waals surface area contributed by atoms with E-state index in [0.717, 1.165) is 18.5 Å². The molecule has 1 aliphatic carbocycles. The molecule has 0 radical (unpaired) electrons. The molecule has 0 unspecified atom stereocenters. The number of nitriles is 1. The van der Waals surface area contributed by atoms with Crippen molar-refractivity contribution in [2.75, 3.05) is 11.9 Å². The highest BCUT2D eigenvalue weighted by molar-refractivity contribution is 5.93. The Morgan fingerprint density at radius 3 is 3.00 bits per heavy atom. The van der Waals surface area contributed by atoms with Crippen LogP contribution in [0.25, 0.3) is 0 Å². The van der Waals surface area contributed by atoms with E-state index in [9.17, 15) is 4.79 Å². The van der Waals surface area contributed by atoms with E-state index in [1.807, 2.05) is 18.2 Å². The van der Waals surface area contributed by atoms with Crippen LogP contribution in [0.3, 0.4) is 0 Å². The predicted molar refractivity (Wildman–Crippen MR) is 77.0 cm³/mol. The van der Waals surface area contributed by atoms with Crippen LogP contribution in [-0.4, -0.2) is 12.6 Å². The lowest BCUT2D eigenvalue weighted by atomic mass is 9.90. The first-order valence-corrected chi connectivity index (χ1v) is 6.91. The number of nitrogens with zero attached hydrogens (tertiary/aromatic N) is 1. The minimum absolute atomic E-state index is 0.0136. The molecule has 0 aliphatic heterocycles. The number of nitrogens with one attached hydrogen (secondary N) is 1. The van der Waals surface area contributed by atoms with Crippen molar-refractivity contribution in [2.45, 2.75) is 32.6 Å². The van der Waals surface area contributed by atoms with Crippen molar-refractivity contribution in [3.05, 3.63) is 41.1 Å². The van der Waals surface area contributed by atoms with Gasteiger partial charge in [0.1, 0.15) is 6.07 Å². The van der Waals surface area contributed by atoms with Gasteiger partial charge in [0, 0.05) is 11.9 Å². The van der Waals surface area contributed by atoms with Gasteiger partial charge >= 0.3 is 5.97 Å². The fourth-order valence-electron chi connectivity index (χ4n) is 2.41. The number of rotatable bonds is 4. The lowest BCUT2D eigenvalue weighted by Crippen LogP contribution is -2.09.